The lowest BCUT2D eigenvalue weighted by atomic mass is 9.86. The maximum atomic E-state index is 14.0. The molecule has 0 amide bonds. The lowest BCUT2D eigenvalue weighted by Gasteiger charge is -2.38. The van der Waals surface area contributed by atoms with E-state index in [1.54, 1.807) is 16.4 Å². The zero-order valence-electron chi connectivity index (χ0n) is 21.8. The second kappa shape index (κ2) is 11.2. The van der Waals surface area contributed by atoms with Gasteiger partial charge in [-0.05, 0) is 73.6 Å². The average molecular weight is 553 g/mol. The first-order chi connectivity index (χ1) is 17.6. The van der Waals surface area contributed by atoms with Crippen molar-refractivity contribution in [3.8, 4) is 17.2 Å². The molecule has 2 aromatic rings. The summed E-state index contributed by atoms with van der Waals surface area (Å²) >= 11 is 0. The number of nitrogens with zero attached hydrogens (tertiary/aromatic N) is 1. The van der Waals surface area contributed by atoms with Crippen molar-refractivity contribution in [2.45, 2.75) is 73.9 Å². The number of benzene rings is 2. The van der Waals surface area contributed by atoms with Crippen LogP contribution in [0.25, 0.3) is 0 Å². The number of methoxy groups -OCH3 is 3. The Morgan fingerprint density at radius 3 is 1.92 bits per heavy atom. The van der Waals surface area contributed by atoms with Gasteiger partial charge in [0.05, 0.1) is 31.1 Å². The van der Waals surface area contributed by atoms with Crippen molar-refractivity contribution in [3.05, 3.63) is 42.0 Å². The standard InChI is InChI=1S/C26H36N2O7S2/c1-18-7-5-6-8-23(18)28(17-19-15-24(33-2)26(35-4)25(16-19)34-3)37(31,32)22-13-11-21(12-14-22)36(29,30)27-20-9-10-20/h11-16,18,20,23,27H,5-10,17H2,1-4H3/t18-,23+/m0/s1. The molecule has 9 nitrogen and oxygen atoms in total. The van der Waals surface area contributed by atoms with Crippen LogP contribution in [0.1, 0.15) is 51.0 Å². The minimum Gasteiger partial charge on any atom is -0.493 e. The molecule has 0 radical (unpaired) electrons. The first-order valence-electron chi connectivity index (χ1n) is 12.5. The minimum absolute atomic E-state index is 0.0323. The first kappa shape index (κ1) is 27.7. The zero-order valence-corrected chi connectivity index (χ0v) is 23.4. The Morgan fingerprint density at radius 1 is 0.838 bits per heavy atom. The molecule has 2 fully saturated rings. The van der Waals surface area contributed by atoms with Gasteiger partial charge in [-0.3, -0.25) is 0 Å². The molecule has 11 heteroatoms. The van der Waals surface area contributed by atoms with E-state index >= 15 is 0 Å². The van der Waals surface area contributed by atoms with Gasteiger partial charge in [0.1, 0.15) is 0 Å². The SMILES string of the molecule is COc1cc(CN([C@@H]2CCCC[C@@H]2C)S(=O)(=O)c2ccc(S(=O)(=O)NC3CC3)cc2)cc(OC)c1OC. The van der Waals surface area contributed by atoms with Crippen molar-refractivity contribution in [2.75, 3.05) is 21.3 Å². The Kier molecular flexibility index (Phi) is 8.37. The molecular weight excluding hydrogens is 516 g/mol. The van der Waals surface area contributed by atoms with Crippen molar-refractivity contribution in [3.63, 3.8) is 0 Å². The number of sulfonamides is 2. The summed E-state index contributed by atoms with van der Waals surface area (Å²) in [5.74, 6) is 1.51. The predicted molar refractivity (Wildman–Crippen MR) is 140 cm³/mol. The van der Waals surface area contributed by atoms with Crippen LogP contribution in [-0.4, -0.2) is 54.6 Å². The fraction of sp³-hybridized carbons (Fsp3) is 0.538. The smallest absolute Gasteiger partial charge is 0.243 e. The van der Waals surface area contributed by atoms with Crippen molar-refractivity contribution in [1.29, 1.82) is 0 Å². The second-order valence-electron chi connectivity index (χ2n) is 9.78. The molecule has 1 N–H and O–H groups in total. The molecule has 0 spiro atoms. The van der Waals surface area contributed by atoms with Gasteiger partial charge in [-0.15, -0.1) is 0 Å². The molecule has 0 saturated heterocycles. The molecule has 2 saturated carbocycles. The molecule has 2 aliphatic carbocycles. The molecule has 0 aliphatic heterocycles. The molecule has 2 aliphatic rings. The largest absolute Gasteiger partial charge is 0.493 e. The molecule has 0 aromatic heterocycles. The van der Waals surface area contributed by atoms with E-state index in [2.05, 4.69) is 11.6 Å². The Bertz CT molecular complexity index is 1280. The lowest BCUT2D eigenvalue weighted by Crippen LogP contribution is -2.44. The summed E-state index contributed by atoms with van der Waals surface area (Å²) in [7, 11) is -3.07. The monoisotopic (exact) mass is 552 g/mol. The highest BCUT2D eigenvalue weighted by molar-refractivity contribution is 7.89. The van der Waals surface area contributed by atoms with Crippen LogP contribution in [-0.2, 0) is 26.6 Å². The van der Waals surface area contributed by atoms with Gasteiger partial charge in [0.2, 0.25) is 25.8 Å². The van der Waals surface area contributed by atoms with Crippen LogP contribution in [0.3, 0.4) is 0 Å². The summed E-state index contributed by atoms with van der Waals surface area (Å²) < 4.78 is 73.8. The van der Waals surface area contributed by atoms with E-state index in [1.807, 2.05) is 0 Å². The summed E-state index contributed by atoms with van der Waals surface area (Å²) in [6.07, 6.45) is 5.34. The molecule has 204 valence electrons. The molecule has 2 atom stereocenters. The van der Waals surface area contributed by atoms with Crippen LogP contribution in [0.15, 0.2) is 46.2 Å². The molecule has 37 heavy (non-hydrogen) atoms. The van der Waals surface area contributed by atoms with E-state index in [0.717, 1.165) is 38.5 Å². The quantitative estimate of drug-likeness (QED) is 0.450. The van der Waals surface area contributed by atoms with Gasteiger partial charge >= 0.3 is 0 Å². The van der Waals surface area contributed by atoms with Crippen LogP contribution in [0.4, 0.5) is 0 Å². The second-order valence-corrected chi connectivity index (χ2v) is 13.4. The highest BCUT2D eigenvalue weighted by atomic mass is 32.2. The maximum absolute atomic E-state index is 14.0. The first-order valence-corrected chi connectivity index (χ1v) is 15.5. The van der Waals surface area contributed by atoms with Crippen LogP contribution < -0.4 is 18.9 Å². The Balaban J connectivity index is 1.70. The summed E-state index contributed by atoms with van der Waals surface area (Å²) in [6.45, 7) is 2.19. The van der Waals surface area contributed by atoms with Crippen LogP contribution in [0.5, 0.6) is 17.2 Å². The number of ether oxygens (including phenoxy) is 3. The molecule has 0 bridgehead atoms. The normalized spacial score (nSPS) is 20.6. The van der Waals surface area contributed by atoms with Gasteiger partial charge in [-0.2, -0.15) is 4.31 Å². The number of hydrogen-bond donors (Lipinski definition) is 1. The third kappa shape index (κ3) is 6.05. The Labute approximate surface area is 220 Å². The van der Waals surface area contributed by atoms with Crippen molar-refractivity contribution >= 4 is 20.0 Å². The average Bonchev–Trinajstić information content (AvgIpc) is 3.70. The van der Waals surface area contributed by atoms with E-state index in [1.165, 1.54) is 45.6 Å². The Hall–Kier alpha value is -2.34. The van der Waals surface area contributed by atoms with Crippen LogP contribution in [0, 0.1) is 5.92 Å². The van der Waals surface area contributed by atoms with Crippen molar-refractivity contribution < 1.29 is 31.0 Å². The van der Waals surface area contributed by atoms with E-state index in [9.17, 15) is 16.8 Å². The van der Waals surface area contributed by atoms with Crippen LogP contribution in [0.2, 0.25) is 0 Å². The summed E-state index contributed by atoms with van der Waals surface area (Å²) in [6, 6.07) is 8.78. The number of nitrogens with one attached hydrogen (secondary N) is 1. The molecular formula is C26H36N2O7S2. The van der Waals surface area contributed by atoms with Gasteiger partial charge in [0.25, 0.3) is 0 Å². The highest BCUT2D eigenvalue weighted by Gasteiger charge is 2.37. The van der Waals surface area contributed by atoms with Gasteiger partial charge in [-0.25, -0.2) is 21.6 Å². The zero-order chi connectivity index (χ0) is 26.8. The van der Waals surface area contributed by atoms with E-state index in [4.69, 9.17) is 14.2 Å². The van der Waals surface area contributed by atoms with Gasteiger partial charge in [0.15, 0.2) is 11.5 Å². The lowest BCUT2D eigenvalue weighted by molar-refractivity contribution is 0.185. The molecule has 4 rings (SSSR count). The van der Waals surface area contributed by atoms with E-state index in [-0.39, 0.29) is 34.3 Å². The van der Waals surface area contributed by atoms with Gasteiger partial charge in [-0.1, -0.05) is 19.8 Å². The molecule has 0 unspecified atom stereocenters. The number of rotatable bonds is 11. The fourth-order valence-electron chi connectivity index (χ4n) is 4.93. The topological polar surface area (TPSA) is 111 Å². The van der Waals surface area contributed by atoms with Gasteiger partial charge < -0.3 is 14.2 Å². The maximum Gasteiger partial charge on any atom is 0.243 e. The third-order valence-electron chi connectivity index (χ3n) is 7.14. The third-order valence-corrected chi connectivity index (χ3v) is 10.6. The fourth-order valence-corrected chi connectivity index (χ4v) is 7.97. The summed E-state index contributed by atoms with van der Waals surface area (Å²) in [4.78, 5) is 0.114. The summed E-state index contributed by atoms with van der Waals surface area (Å²) in [5.41, 5.74) is 0.698. The minimum atomic E-state index is -3.95. The van der Waals surface area contributed by atoms with Gasteiger partial charge in [0, 0.05) is 18.6 Å². The van der Waals surface area contributed by atoms with Crippen LogP contribution >= 0.6 is 0 Å². The predicted octanol–water partition coefficient (Wildman–Crippen LogP) is 3.92. The Morgan fingerprint density at radius 2 is 1.41 bits per heavy atom. The summed E-state index contributed by atoms with van der Waals surface area (Å²) in [5, 5.41) is 0. The molecule has 2 aromatic carbocycles. The highest BCUT2D eigenvalue weighted by Crippen LogP contribution is 2.40. The van der Waals surface area contributed by atoms with Crippen molar-refractivity contribution in [1.82, 2.24) is 9.03 Å². The van der Waals surface area contributed by atoms with Crippen molar-refractivity contribution in [2.24, 2.45) is 5.92 Å². The molecule has 0 heterocycles. The van der Waals surface area contributed by atoms with E-state index in [0.29, 0.717) is 22.8 Å². The van der Waals surface area contributed by atoms with E-state index < -0.39 is 20.0 Å². The number of hydrogen-bond acceptors (Lipinski definition) is 7.